The SMILES string of the molecule is [C-]#[N+]c1ccc(N(c2ccc(-c3ccccn3)nc2)c2ccc3c4c2ccc2cccc(c24)n3-c2ccccc2)cc1. The van der Waals surface area contributed by atoms with Gasteiger partial charge in [-0.05, 0) is 72.1 Å². The van der Waals surface area contributed by atoms with Crippen molar-refractivity contribution in [2.75, 3.05) is 4.90 Å². The third kappa shape index (κ3) is 3.71. The zero-order valence-electron chi connectivity index (χ0n) is 22.5. The molecule has 3 aromatic heterocycles. The summed E-state index contributed by atoms with van der Waals surface area (Å²) >= 11 is 0. The minimum atomic E-state index is 0.606. The summed E-state index contributed by atoms with van der Waals surface area (Å²) in [5, 5.41) is 4.84. The largest absolute Gasteiger partial charge is 0.309 e. The van der Waals surface area contributed by atoms with E-state index >= 15 is 0 Å². The first-order valence-electron chi connectivity index (χ1n) is 13.8. The van der Waals surface area contributed by atoms with Crippen LogP contribution in [0.25, 0.3) is 54.5 Å². The van der Waals surface area contributed by atoms with E-state index in [9.17, 15) is 0 Å². The van der Waals surface area contributed by atoms with E-state index in [0.717, 1.165) is 39.5 Å². The summed E-state index contributed by atoms with van der Waals surface area (Å²) in [4.78, 5) is 15.1. The van der Waals surface area contributed by atoms with Gasteiger partial charge < -0.3 is 9.47 Å². The summed E-state index contributed by atoms with van der Waals surface area (Å²) in [6.45, 7) is 7.45. The van der Waals surface area contributed by atoms with Gasteiger partial charge in [-0.15, -0.1) is 0 Å². The summed E-state index contributed by atoms with van der Waals surface area (Å²) in [6.07, 6.45) is 3.68. The van der Waals surface area contributed by atoms with Gasteiger partial charge in [0.25, 0.3) is 0 Å². The minimum Gasteiger partial charge on any atom is -0.309 e. The van der Waals surface area contributed by atoms with Crippen LogP contribution in [-0.2, 0) is 0 Å². The molecule has 5 heteroatoms. The normalized spacial score (nSPS) is 11.3. The first kappa shape index (κ1) is 23.9. The first-order valence-corrected chi connectivity index (χ1v) is 13.8. The van der Waals surface area contributed by atoms with Crippen molar-refractivity contribution in [1.82, 2.24) is 14.5 Å². The average molecular weight is 538 g/mol. The van der Waals surface area contributed by atoms with Crippen molar-refractivity contribution in [2.24, 2.45) is 0 Å². The lowest BCUT2D eigenvalue weighted by Crippen LogP contribution is -2.11. The molecule has 0 saturated heterocycles. The Bertz CT molecular complexity index is 2230. The zero-order valence-corrected chi connectivity index (χ0v) is 22.5. The summed E-state index contributed by atoms with van der Waals surface area (Å²) in [5.41, 5.74) is 8.66. The Hall–Kier alpha value is -5.99. The maximum Gasteiger partial charge on any atom is 0.187 e. The second kappa shape index (κ2) is 9.58. The molecule has 0 aliphatic heterocycles. The fourth-order valence-corrected chi connectivity index (χ4v) is 6.01. The number of nitrogens with zero attached hydrogens (tertiary/aromatic N) is 5. The number of anilines is 3. The van der Waals surface area contributed by atoms with Crippen LogP contribution < -0.4 is 4.90 Å². The van der Waals surface area contributed by atoms with E-state index in [1.165, 1.54) is 27.2 Å². The highest BCUT2D eigenvalue weighted by atomic mass is 15.2. The van der Waals surface area contributed by atoms with E-state index in [1.807, 2.05) is 54.7 Å². The van der Waals surface area contributed by atoms with Gasteiger partial charge in [0.05, 0.1) is 46.6 Å². The molecule has 3 heterocycles. The number of hydrogen-bond donors (Lipinski definition) is 0. The Labute approximate surface area is 242 Å². The topological polar surface area (TPSA) is 38.3 Å². The second-order valence-corrected chi connectivity index (χ2v) is 10.2. The Balaban J connectivity index is 1.38. The number of benzene rings is 5. The van der Waals surface area contributed by atoms with Gasteiger partial charge >= 0.3 is 0 Å². The van der Waals surface area contributed by atoms with E-state index in [0.29, 0.717) is 5.69 Å². The Morgan fingerprint density at radius 3 is 2.14 bits per heavy atom. The minimum absolute atomic E-state index is 0.606. The molecule has 0 bridgehead atoms. The van der Waals surface area contributed by atoms with Gasteiger partial charge in [-0.3, -0.25) is 9.97 Å². The van der Waals surface area contributed by atoms with Crippen molar-refractivity contribution in [3.63, 3.8) is 0 Å². The van der Waals surface area contributed by atoms with E-state index in [1.54, 1.807) is 6.20 Å². The summed E-state index contributed by atoms with van der Waals surface area (Å²) in [6, 6.07) is 43.6. The average Bonchev–Trinajstić information content (AvgIpc) is 3.41. The molecule has 0 spiro atoms. The van der Waals surface area contributed by atoms with Crippen molar-refractivity contribution in [3.8, 4) is 17.1 Å². The number of aromatic nitrogens is 3. The van der Waals surface area contributed by atoms with Crippen LogP contribution in [0.15, 0.2) is 140 Å². The van der Waals surface area contributed by atoms with Crippen LogP contribution in [-0.4, -0.2) is 14.5 Å². The van der Waals surface area contributed by atoms with Gasteiger partial charge in [0.1, 0.15) is 0 Å². The van der Waals surface area contributed by atoms with Crippen molar-refractivity contribution in [3.05, 3.63) is 151 Å². The van der Waals surface area contributed by atoms with Gasteiger partial charge in [0.2, 0.25) is 0 Å². The predicted octanol–water partition coefficient (Wildman–Crippen LogP) is 9.85. The third-order valence-corrected chi connectivity index (χ3v) is 7.86. The Morgan fingerprint density at radius 1 is 0.595 bits per heavy atom. The molecule has 0 amide bonds. The quantitative estimate of drug-likeness (QED) is 0.162. The van der Waals surface area contributed by atoms with Gasteiger partial charge in [-0.2, -0.15) is 0 Å². The van der Waals surface area contributed by atoms with Gasteiger partial charge in [0.15, 0.2) is 5.69 Å². The number of para-hydroxylation sites is 1. The maximum absolute atomic E-state index is 7.45. The lowest BCUT2D eigenvalue weighted by Gasteiger charge is -2.27. The van der Waals surface area contributed by atoms with Crippen LogP contribution in [0.5, 0.6) is 0 Å². The molecule has 5 nitrogen and oxygen atoms in total. The van der Waals surface area contributed by atoms with Crippen molar-refractivity contribution in [2.45, 2.75) is 0 Å². The monoisotopic (exact) mass is 537 g/mol. The molecule has 0 fully saturated rings. The smallest absolute Gasteiger partial charge is 0.187 e. The zero-order chi connectivity index (χ0) is 28.0. The van der Waals surface area contributed by atoms with Gasteiger partial charge in [0, 0.05) is 33.7 Å². The molecule has 0 unspecified atom stereocenters. The molecule has 42 heavy (non-hydrogen) atoms. The van der Waals surface area contributed by atoms with Crippen molar-refractivity contribution in [1.29, 1.82) is 0 Å². The fourth-order valence-electron chi connectivity index (χ4n) is 6.01. The molecule has 0 saturated carbocycles. The number of rotatable bonds is 5. The molecule has 0 radical (unpaired) electrons. The highest BCUT2D eigenvalue weighted by molar-refractivity contribution is 6.26. The third-order valence-electron chi connectivity index (χ3n) is 7.86. The molecule has 8 aromatic rings. The van der Waals surface area contributed by atoms with Crippen LogP contribution in [0.1, 0.15) is 0 Å². The van der Waals surface area contributed by atoms with Crippen LogP contribution >= 0.6 is 0 Å². The van der Waals surface area contributed by atoms with E-state index in [-0.39, 0.29) is 0 Å². The Morgan fingerprint density at radius 2 is 1.38 bits per heavy atom. The highest BCUT2D eigenvalue weighted by Crippen LogP contribution is 2.45. The molecular formula is C37H23N5. The molecule has 0 N–H and O–H groups in total. The van der Waals surface area contributed by atoms with Crippen LogP contribution in [0.3, 0.4) is 0 Å². The Kier molecular flexibility index (Phi) is 5.44. The summed E-state index contributed by atoms with van der Waals surface area (Å²) in [7, 11) is 0. The first-order chi connectivity index (χ1) is 20.8. The molecule has 0 atom stereocenters. The van der Waals surface area contributed by atoms with Gasteiger partial charge in [-0.25, -0.2) is 4.85 Å². The fraction of sp³-hybridized carbons (Fsp3) is 0. The predicted molar refractivity (Wildman–Crippen MR) is 171 cm³/mol. The summed E-state index contributed by atoms with van der Waals surface area (Å²) in [5.74, 6) is 0. The van der Waals surface area contributed by atoms with E-state index in [4.69, 9.17) is 11.6 Å². The van der Waals surface area contributed by atoms with Crippen molar-refractivity contribution < 1.29 is 0 Å². The molecule has 0 aliphatic rings. The number of hydrogen-bond acceptors (Lipinski definition) is 3. The lowest BCUT2D eigenvalue weighted by atomic mass is 10.00. The van der Waals surface area contributed by atoms with E-state index in [2.05, 4.69) is 98.2 Å². The molecule has 8 rings (SSSR count). The second-order valence-electron chi connectivity index (χ2n) is 10.2. The highest BCUT2D eigenvalue weighted by Gasteiger charge is 2.22. The van der Waals surface area contributed by atoms with Gasteiger partial charge in [-0.1, -0.05) is 60.7 Å². The molecular weight excluding hydrogens is 514 g/mol. The van der Waals surface area contributed by atoms with Crippen LogP contribution in [0.2, 0.25) is 0 Å². The lowest BCUT2D eigenvalue weighted by molar-refractivity contribution is 1.18. The molecule has 0 aliphatic carbocycles. The molecule has 196 valence electrons. The molecule has 5 aromatic carbocycles. The van der Waals surface area contributed by atoms with Crippen LogP contribution in [0.4, 0.5) is 22.7 Å². The van der Waals surface area contributed by atoms with E-state index < -0.39 is 0 Å². The van der Waals surface area contributed by atoms with Crippen molar-refractivity contribution >= 4 is 55.3 Å². The maximum atomic E-state index is 7.45. The number of pyridine rings is 2. The summed E-state index contributed by atoms with van der Waals surface area (Å²) < 4.78 is 2.35. The standard InChI is InChI=1S/C37H23N5/c1-38-26-14-16-28(17-15-26)41(29-18-20-32(40-24-29)31-11-5-6-23-39-31)33-21-22-35-37-30(33)19-13-25-8-7-12-34(36(25)37)42(35)27-9-3-2-4-10-27/h2-24H. The van der Waals surface area contributed by atoms with Crippen LogP contribution in [0, 0.1) is 6.57 Å².